The highest BCUT2D eigenvalue weighted by Crippen LogP contribution is 2.23. The number of benzene rings is 1. The number of nitrogens with zero attached hydrogens (tertiary/aromatic N) is 4. The largest absolute Gasteiger partial charge is 0.369 e. The first-order valence-corrected chi connectivity index (χ1v) is 7.93. The molecular weight excluding hydrogens is 288 g/mol. The highest BCUT2D eigenvalue weighted by molar-refractivity contribution is 5.87. The Hall–Kier alpha value is -2.47. The average molecular weight is 310 g/mol. The second-order valence-electron chi connectivity index (χ2n) is 5.83. The van der Waals surface area contributed by atoms with E-state index in [-0.39, 0.29) is 0 Å². The van der Waals surface area contributed by atoms with Crippen LogP contribution in [-0.4, -0.2) is 32.8 Å². The van der Waals surface area contributed by atoms with Crippen molar-refractivity contribution in [1.82, 2.24) is 19.7 Å². The molecule has 2 heterocycles. The Morgan fingerprint density at radius 1 is 1.17 bits per heavy atom. The molecule has 0 aliphatic heterocycles. The zero-order chi connectivity index (χ0) is 16.2. The summed E-state index contributed by atoms with van der Waals surface area (Å²) in [4.78, 5) is 8.70. The molecule has 0 atom stereocenters. The van der Waals surface area contributed by atoms with E-state index < -0.39 is 0 Å². The minimum Gasteiger partial charge on any atom is -0.369 e. The second kappa shape index (κ2) is 6.75. The van der Waals surface area contributed by atoms with Gasteiger partial charge >= 0.3 is 0 Å². The van der Waals surface area contributed by atoms with E-state index in [0.29, 0.717) is 12.5 Å². The Morgan fingerprint density at radius 3 is 2.65 bits per heavy atom. The molecule has 1 aromatic carbocycles. The Kier molecular flexibility index (Phi) is 4.52. The third-order valence-corrected chi connectivity index (χ3v) is 3.84. The topological polar surface area (TPSA) is 81.7 Å². The fourth-order valence-corrected chi connectivity index (χ4v) is 2.48. The highest BCUT2D eigenvalue weighted by atomic mass is 15.3. The molecule has 6 nitrogen and oxygen atoms in total. The zero-order valence-electron chi connectivity index (χ0n) is 13.5. The first-order chi connectivity index (χ1) is 11.2. The third kappa shape index (κ3) is 3.17. The maximum atomic E-state index is 5.53. The van der Waals surface area contributed by atoms with E-state index in [2.05, 4.69) is 58.5 Å². The van der Waals surface area contributed by atoms with Crippen LogP contribution in [0.2, 0.25) is 0 Å². The summed E-state index contributed by atoms with van der Waals surface area (Å²) in [5, 5.41) is 8.69. The van der Waals surface area contributed by atoms with Gasteiger partial charge in [0.25, 0.3) is 0 Å². The number of hydrogen-bond acceptors (Lipinski definition) is 5. The number of aromatic nitrogens is 4. The van der Waals surface area contributed by atoms with Crippen molar-refractivity contribution < 1.29 is 0 Å². The van der Waals surface area contributed by atoms with E-state index >= 15 is 0 Å². The molecule has 0 aliphatic rings. The fourth-order valence-electron chi connectivity index (χ4n) is 2.48. The Bertz CT molecular complexity index is 775. The van der Waals surface area contributed by atoms with Crippen LogP contribution in [0.1, 0.15) is 31.7 Å². The van der Waals surface area contributed by atoms with Crippen LogP contribution >= 0.6 is 0 Å². The highest BCUT2D eigenvalue weighted by Gasteiger charge is 2.11. The standard InChI is InChI=1S/C17H22N6/c1-12(2)13-4-6-14(7-5-13)23-17-15(10-22-23)16(20-11-21-17)19-9-3-8-18/h4-7,10-12H,3,8-9,18H2,1-2H3,(H,19,20,21). The summed E-state index contributed by atoms with van der Waals surface area (Å²) in [7, 11) is 0. The molecule has 3 N–H and O–H groups in total. The van der Waals surface area contributed by atoms with E-state index in [0.717, 1.165) is 35.5 Å². The van der Waals surface area contributed by atoms with Crippen molar-refractivity contribution in [2.45, 2.75) is 26.2 Å². The van der Waals surface area contributed by atoms with E-state index in [4.69, 9.17) is 5.73 Å². The number of anilines is 1. The lowest BCUT2D eigenvalue weighted by atomic mass is 10.0. The summed E-state index contributed by atoms with van der Waals surface area (Å²) >= 11 is 0. The molecular formula is C17H22N6. The number of nitrogens with two attached hydrogens (primary N) is 1. The van der Waals surface area contributed by atoms with Crippen LogP contribution in [0.25, 0.3) is 16.7 Å². The number of hydrogen-bond donors (Lipinski definition) is 2. The molecule has 3 aromatic rings. The van der Waals surface area contributed by atoms with Crippen molar-refractivity contribution in [3.05, 3.63) is 42.4 Å². The van der Waals surface area contributed by atoms with Gasteiger partial charge in [-0.2, -0.15) is 5.10 Å². The van der Waals surface area contributed by atoms with Gasteiger partial charge in [-0.3, -0.25) is 0 Å². The fraction of sp³-hybridized carbons (Fsp3) is 0.353. The summed E-state index contributed by atoms with van der Waals surface area (Å²) < 4.78 is 1.84. The SMILES string of the molecule is CC(C)c1ccc(-n2ncc3c(NCCCN)ncnc32)cc1. The van der Waals surface area contributed by atoms with E-state index in [9.17, 15) is 0 Å². The van der Waals surface area contributed by atoms with Crippen molar-refractivity contribution in [3.8, 4) is 5.69 Å². The number of fused-ring (bicyclic) bond motifs is 1. The van der Waals surface area contributed by atoms with Crippen molar-refractivity contribution in [3.63, 3.8) is 0 Å². The molecule has 2 aromatic heterocycles. The summed E-state index contributed by atoms with van der Waals surface area (Å²) in [5.41, 5.74) is 8.63. The lowest BCUT2D eigenvalue weighted by Gasteiger charge is -2.08. The van der Waals surface area contributed by atoms with E-state index in [1.165, 1.54) is 5.56 Å². The van der Waals surface area contributed by atoms with Crippen LogP contribution in [0.3, 0.4) is 0 Å². The van der Waals surface area contributed by atoms with Crippen LogP contribution in [0.15, 0.2) is 36.8 Å². The Labute approximate surface area is 135 Å². The molecule has 0 fully saturated rings. The van der Waals surface area contributed by atoms with Crippen molar-refractivity contribution >= 4 is 16.9 Å². The predicted octanol–water partition coefficient (Wildman–Crippen LogP) is 2.70. The monoisotopic (exact) mass is 310 g/mol. The van der Waals surface area contributed by atoms with Gasteiger partial charge < -0.3 is 11.1 Å². The normalized spacial score (nSPS) is 11.3. The molecule has 0 spiro atoms. The van der Waals surface area contributed by atoms with Gasteiger partial charge in [0.1, 0.15) is 12.1 Å². The summed E-state index contributed by atoms with van der Waals surface area (Å²) in [6.07, 6.45) is 4.26. The van der Waals surface area contributed by atoms with E-state index in [1.807, 2.05) is 4.68 Å². The quantitative estimate of drug-likeness (QED) is 0.684. The van der Waals surface area contributed by atoms with Gasteiger partial charge in [0.2, 0.25) is 0 Å². The van der Waals surface area contributed by atoms with Crippen LogP contribution in [0, 0.1) is 0 Å². The molecule has 23 heavy (non-hydrogen) atoms. The first kappa shape index (κ1) is 15.4. The van der Waals surface area contributed by atoms with E-state index in [1.54, 1.807) is 12.5 Å². The van der Waals surface area contributed by atoms with Crippen molar-refractivity contribution in [2.75, 3.05) is 18.4 Å². The zero-order valence-corrected chi connectivity index (χ0v) is 13.5. The van der Waals surface area contributed by atoms with Crippen LogP contribution in [0.5, 0.6) is 0 Å². The van der Waals surface area contributed by atoms with Gasteiger partial charge in [0.15, 0.2) is 5.65 Å². The minimum atomic E-state index is 0.513. The van der Waals surface area contributed by atoms with Gasteiger partial charge in [-0.05, 0) is 36.6 Å². The molecule has 0 saturated carbocycles. The number of nitrogens with one attached hydrogen (secondary N) is 1. The summed E-state index contributed by atoms with van der Waals surface area (Å²) in [6.45, 7) is 5.81. The molecule has 120 valence electrons. The molecule has 3 rings (SSSR count). The molecule has 0 amide bonds. The predicted molar refractivity (Wildman–Crippen MR) is 92.9 cm³/mol. The van der Waals surface area contributed by atoms with Crippen LogP contribution in [-0.2, 0) is 0 Å². The average Bonchev–Trinajstić information content (AvgIpc) is 3.00. The van der Waals surface area contributed by atoms with Gasteiger partial charge in [-0.25, -0.2) is 14.6 Å². The molecule has 0 radical (unpaired) electrons. The summed E-state index contributed by atoms with van der Waals surface area (Å²) in [5.74, 6) is 1.31. The van der Waals surface area contributed by atoms with Gasteiger partial charge in [0, 0.05) is 6.54 Å². The first-order valence-electron chi connectivity index (χ1n) is 7.93. The lowest BCUT2D eigenvalue weighted by molar-refractivity contribution is 0.857. The minimum absolute atomic E-state index is 0.513. The molecule has 6 heteroatoms. The van der Waals surface area contributed by atoms with Crippen molar-refractivity contribution in [2.24, 2.45) is 5.73 Å². The van der Waals surface area contributed by atoms with Gasteiger partial charge in [-0.1, -0.05) is 26.0 Å². The lowest BCUT2D eigenvalue weighted by Crippen LogP contribution is -2.09. The Balaban J connectivity index is 1.94. The van der Waals surface area contributed by atoms with Gasteiger partial charge in [-0.15, -0.1) is 0 Å². The van der Waals surface area contributed by atoms with Crippen LogP contribution in [0.4, 0.5) is 5.82 Å². The Morgan fingerprint density at radius 2 is 1.96 bits per heavy atom. The molecule has 0 aliphatic carbocycles. The molecule has 0 saturated heterocycles. The van der Waals surface area contributed by atoms with Crippen molar-refractivity contribution in [1.29, 1.82) is 0 Å². The smallest absolute Gasteiger partial charge is 0.168 e. The van der Waals surface area contributed by atoms with Gasteiger partial charge in [0.05, 0.1) is 17.3 Å². The maximum absolute atomic E-state index is 5.53. The second-order valence-corrected chi connectivity index (χ2v) is 5.83. The molecule has 0 bridgehead atoms. The molecule has 0 unspecified atom stereocenters. The van der Waals surface area contributed by atoms with Crippen LogP contribution < -0.4 is 11.1 Å². The number of rotatable bonds is 6. The third-order valence-electron chi connectivity index (χ3n) is 3.84. The summed E-state index contributed by atoms with van der Waals surface area (Å²) in [6, 6.07) is 8.42. The maximum Gasteiger partial charge on any atom is 0.168 e.